The van der Waals surface area contributed by atoms with Gasteiger partial charge in [-0.05, 0) is 19.8 Å². The Kier molecular flexibility index (Phi) is 1.06. The van der Waals surface area contributed by atoms with Crippen LogP contribution in [0.2, 0.25) is 0 Å². The van der Waals surface area contributed by atoms with Gasteiger partial charge in [0.05, 0.1) is 0 Å². The van der Waals surface area contributed by atoms with Gasteiger partial charge in [0.15, 0.2) is 5.60 Å². The number of hydrogen-bond acceptors (Lipinski definition) is 3. The lowest BCUT2D eigenvalue weighted by Crippen LogP contribution is -2.37. The third-order valence-corrected chi connectivity index (χ3v) is 2.33. The first kappa shape index (κ1) is 6.64. The highest BCUT2D eigenvalue weighted by atomic mass is 16.6. The fourth-order valence-electron chi connectivity index (χ4n) is 1.38. The third kappa shape index (κ3) is 0.818. The number of carbonyl (C=O) groups excluding carboxylic acids is 2. The molecule has 1 aliphatic heterocycles. The Labute approximate surface area is 63.9 Å². The molecule has 1 heterocycles. The Morgan fingerprint density at radius 1 is 1.55 bits per heavy atom. The predicted molar refractivity (Wildman–Crippen MR) is 35.8 cm³/mol. The molecule has 0 aromatic heterocycles. The van der Waals surface area contributed by atoms with Crippen molar-refractivity contribution in [3.63, 3.8) is 0 Å². The van der Waals surface area contributed by atoms with E-state index < -0.39 is 11.7 Å². The standard InChI is InChI=1S/C7H9NO3/c1-7(4-2-3-4)5(9)8-6(10)11-7/h4H,2-3H2,1H3,(H,8,9,10)/t7-/m0/s1. The van der Waals surface area contributed by atoms with Gasteiger partial charge in [-0.25, -0.2) is 4.79 Å². The summed E-state index contributed by atoms with van der Waals surface area (Å²) in [7, 11) is 0. The van der Waals surface area contributed by atoms with Crippen LogP contribution in [-0.2, 0) is 9.53 Å². The van der Waals surface area contributed by atoms with Crippen LogP contribution in [0.25, 0.3) is 0 Å². The van der Waals surface area contributed by atoms with E-state index in [2.05, 4.69) is 5.32 Å². The molecular weight excluding hydrogens is 146 g/mol. The molecule has 2 aliphatic rings. The molecule has 2 fully saturated rings. The Balaban J connectivity index is 2.23. The SMILES string of the molecule is C[C@@]1(C2CC2)OC(=O)NC1=O. The lowest BCUT2D eigenvalue weighted by Gasteiger charge is -2.17. The minimum Gasteiger partial charge on any atom is -0.432 e. The molecule has 0 aromatic rings. The number of nitrogens with one attached hydrogen (secondary N) is 1. The number of carbonyl (C=O) groups is 2. The van der Waals surface area contributed by atoms with E-state index in [1.54, 1.807) is 6.92 Å². The predicted octanol–water partition coefficient (Wildman–Crippen LogP) is 0.422. The second kappa shape index (κ2) is 1.75. The van der Waals surface area contributed by atoms with E-state index in [1.165, 1.54) is 0 Å². The first-order valence-corrected chi connectivity index (χ1v) is 3.67. The van der Waals surface area contributed by atoms with Gasteiger partial charge in [-0.1, -0.05) is 0 Å². The molecule has 1 aliphatic carbocycles. The lowest BCUT2D eigenvalue weighted by atomic mass is 10.0. The Morgan fingerprint density at radius 3 is 2.55 bits per heavy atom. The summed E-state index contributed by atoms with van der Waals surface area (Å²) < 4.78 is 4.89. The lowest BCUT2D eigenvalue weighted by molar-refractivity contribution is -0.131. The summed E-state index contributed by atoms with van der Waals surface area (Å²) in [5.74, 6) is -0.0426. The van der Waals surface area contributed by atoms with Gasteiger partial charge in [0.25, 0.3) is 5.91 Å². The van der Waals surface area contributed by atoms with Gasteiger partial charge in [0.1, 0.15) is 0 Å². The van der Waals surface area contributed by atoms with Gasteiger partial charge in [-0.15, -0.1) is 0 Å². The molecule has 0 spiro atoms. The molecule has 0 radical (unpaired) electrons. The fourth-order valence-corrected chi connectivity index (χ4v) is 1.38. The highest BCUT2D eigenvalue weighted by Crippen LogP contribution is 2.43. The maximum Gasteiger partial charge on any atom is 0.415 e. The van der Waals surface area contributed by atoms with Crippen LogP contribution in [0, 0.1) is 5.92 Å². The van der Waals surface area contributed by atoms with Crippen molar-refractivity contribution in [1.29, 1.82) is 0 Å². The minimum absolute atomic E-state index is 0.244. The van der Waals surface area contributed by atoms with Crippen LogP contribution in [0.15, 0.2) is 0 Å². The number of ether oxygens (including phenoxy) is 1. The minimum atomic E-state index is -0.864. The summed E-state index contributed by atoms with van der Waals surface area (Å²) in [6, 6.07) is 0. The fraction of sp³-hybridized carbons (Fsp3) is 0.714. The zero-order chi connectivity index (χ0) is 8.06. The molecule has 2 amide bonds. The van der Waals surface area contributed by atoms with Gasteiger partial charge in [-0.2, -0.15) is 0 Å². The number of amides is 2. The van der Waals surface area contributed by atoms with Crippen molar-refractivity contribution in [2.75, 3.05) is 0 Å². The summed E-state index contributed by atoms with van der Waals surface area (Å²) in [4.78, 5) is 21.8. The summed E-state index contributed by atoms with van der Waals surface area (Å²) >= 11 is 0. The van der Waals surface area contributed by atoms with Crippen molar-refractivity contribution in [2.24, 2.45) is 5.92 Å². The second-order valence-corrected chi connectivity index (χ2v) is 3.22. The van der Waals surface area contributed by atoms with Crippen LogP contribution < -0.4 is 5.32 Å². The molecule has 0 aromatic carbocycles. The Bertz CT molecular complexity index is 234. The van der Waals surface area contributed by atoms with Crippen LogP contribution >= 0.6 is 0 Å². The Hall–Kier alpha value is -1.06. The maximum atomic E-state index is 11.1. The topological polar surface area (TPSA) is 55.4 Å². The van der Waals surface area contributed by atoms with E-state index in [0.29, 0.717) is 0 Å². The monoisotopic (exact) mass is 155 g/mol. The largest absolute Gasteiger partial charge is 0.432 e. The number of hydrogen-bond donors (Lipinski definition) is 1. The number of cyclic esters (lactones) is 1. The molecule has 2 rings (SSSR count). The van der Waals surface area contributed by atoms with Crippen molar-refractivity contribution < 1.29 is 14.3 Å². The van der Waals surface area contributed by atoms with Gasteiger partial charge in [0.2, 0.25) is 0 Å². The Morgan fingerprint density at radius 2 is 2.18 bits per heavy atom. The molecule has 1 atom stereocenters. The molecule has 1 saturated heterocycles. The summed E-state index contributed by atoms with van der Waals surface area (Å²) in [5, 5.41) is 2.13. The van der Waals surface area contributed by atoms with Crippen LogP contribution in [0.4, 0.5) is 4.79 Å². The molecule has 0 bridgehead atoms. The van der Waals surface area contributed by atoms with E-state index in [0.717, 1.165) is 12.8 Å². The van der Waals surface area contributed by atoms with Crippen LogP contribution in [-0.4, -0.2) is 17.6 Å². The first-order chi connectivity index (χ1) is 5.13. The summed E-state index contributed by atoms with van der Waals surface area (Å²) in [6.45, 7) is 1.67. The van der Waals surface area contributed by atoms with Crippen molar-refractivity contribution in [2.45, 2.75) is 25.4 Å². The smallest absolute Gasteiger partial charge is 0.415 e. The molecule has 4 heteroatoms. The van der Waals surface area contributed by atoms with Crippen LogP contribution in [0.5, 0.6) is 0 Å². The zero-order valence-corrected chi connectivity index (χ0v) is 6.22. The van der Waals surface area contributed by atoms with Gasteiger partial charge < -0.3 is 4.74 Å². The molecule has 60 valence electrons. The average molecular weight is 155 g/mol. The number of rotatable bonds is 1. The molecule has 11 heavy (non-hydrogen) atoms. The van der Waals surface area contributed by atoms with E-state index in [1.807, 2.05) is 0 Å². The number of alkyl carbamates (subject to hydrolysis) is 1. The van der Waals surface area contributed by atoms with Crippen molar-refractivity contribution in [1.82, 2.24) is 5.32 Å². The molecule has 1 N–H and O–H groups in total. The van der Waals surface area contributed by atoms with Crippen molar-refractivity contribution in [3.8, 4) is 0 Å². The molecule has 1 saturated carbocycles. The van der Waals surface area contributed by atoms with Gasteiger partial charge in [-0.3, -0.25) is 10.1 Å². The summed E-state index contributed by atoms with van der Waals surface area (Å²) in [6.07, 6.45) is 1.36. The maximum absolute atomic E-state index is 11.1. The first-order valence-electron chi connectivity index (χ1n) is 3.67. The van der Waals surface area contributed by atoms with Crippen LogP contribution in [0.3, 0.4) is 0 Å². The highest BCUT2D eigenvalue weighted by molar-refractivity contribution is 6.02. The van der Waals surface area contributed by atoms with E-state index in [9.17, 15) is 9.59 Å². The summed E-state index contributed by atoms with van der Waals surface area (Å²) in [5.41, 5.74) is -0.864. The highest BCUT2D eigenvalue weighted by Gasteiger charge is 2.54. The second-order valence-electron chi connectivity index (χ2n) is 3.22. The quantitative estimate of drug-likeness (QED) is 0.597. The number of imide groups is 1. The molecular formula is C7H9NO3. The van der Waals surface area contributed by atoms with E-state index >= 15 is 0 Å². The van der Waals surface area contributed by atoms with Gasteiger partial charge >= 0.3 is 6.09 Å². The average Bonchev–Trinajstić information content (AvgIpc) is 2.63. The molecule has 0 unspecified atom stereocenters. The molecule has 4 nitrogen and oxygen atoms in total. The van der Waals surface area contributed by atoms with E-state index in [-0.39, 0.29) is 11.8 Å². The van der Waals surface area contributed by atoms with E-state index in [4.69, 9.17) is 4.74 Å². The van der Waals surface area contributed by atoms with Crippen molar-refractivity contribution >= 4 is 12.0 Å². The van der Waals surface area contributed by atoms with Gasteiger partial charge in [0, 0.05) is 5.92 Å². The van der Waals surface area contributed by atoms with Crippen molar-refractivity contribution in [3.05, 3.63) is 0 Å². The normalized spacial score (nSPS) is 36.8. The van der Waals surface area contributed by atoms with Crippen LogP contribution in [0.1, 0.15) is 19.8 Å². The zero-order valence-electron chi connectivity index (χ0n) is 6.22. The third-order valence-electron chi connectivity index (χ3n) is 2.33.